The van der Waals surface area contributed by atoms with Crippen LogP contribution in [0.3, 0.4) is 0 Å². The minimum absolute atomic E-state index is 0. The van der Waals surface area contributed by atoms with Gasteiger partial charge in [-0.25, -0.2) is 0 Å². The summed E-state index contributed by atoms with van der Waals surface area (Å²) in [4.78, 5) is 4.17. The SMILES string of the molecule is CN=C(NCC(C)(C)OC)NCC1(c2cccc(C(F)(F)F)c2)CC1.I. The molecule has 0 aromatic heterocycles. The van der Waals surface area contributed by atoms with E-state index in [9.17, 15) is 13.2 Å². The maximum absolute atomic E-state index is 12.9. The fourth-order valence-electron chi connectivity index (χ4n) is 2.59. The normalized spacial score (nSPS) is 16.7. The predicted octanol–water partition coefficient (Wildman–Crippen LogP) is 3.95. The number of hydrogen-bond acceptors (Lipinski definition) is 2. The third-order valence-corrected chi connectivity index (χ3v) is 4.71. The van der Waals surface area contributed by atoms with Crippen molar-refractivity contribution in [2.24, 2.45) is 4.99 Å². The summed E-state index contributed by atoms with van der Waals surface area (Å²) in [6.45, 7) is 5.03. The lowest BCUT2D eigenvalue weighted by atomic mass is 9.94. The van der Waals surface area contributed by atoms with Gasteiger partial charge >= 0.3 is 6.18 Å². The maximum Gasteiger partial charge on any atom is 0.416 e. The first-order valence-corrected chi connectivity index (χ1v) is 8.29. The van der Waals surface area contributed by atoms with Crippen LogP contribution in [0, 0.1) is 0 Å². The highest BCUT2D eigenvalue weighted by Gasteiger charge is 2.45. The second-order valence-electron chi connectivity index (χ2n) is 7.10. The van der Waals surface area contributed by atoms with Crippen LogP contribution in [0.1, 0.15) is 37.8 Å². The molecule has 4 nitrogen and oxygen atoms in total. The number of alkyl halides is 3. The number of nitrogens with zero attached hydrogens (tertiary/aromatic N) is 1. The summed E-state index contributed by atoms with van der Waals surface area (Å²) in [5, 5.41) is 6.41. The Kier molecular flexibility index (Phi) is 7.76. The van der Waals surface area contributed by atoms with Crippen molar-refractivity contribution in [3.8, 4) is 0 Å². The Bertz CT molecular complexity index is 628. The Morgan fingerprint density at radius 1 is 1.23 bits per heavy atom. The van der Waals surface area contributed by atoms with Gasteiger partial charge in [0.15, 0.2) is 5.96 Å². The summed E-state index contributed by atoms with van der Waals surface area (Å²) in [6.07, 6.45) is -2.59. The van der Waals surface area contributed by atoms with Crippen molar-refractivity contribution in [2.75, 3.05) is 27.2 Å². The molecule has 0 saturated heterocycles. The highest BCUT2D eigenvalue weighted by molar-refractivity contribution is 14.0. The molecule has 0 spiro atoms. The number of benzene rings is 1. The van der Waals surface area contributed by atoms with Gasteiger partial charge < -0.3 is 15.4 Å². The summed E-state index contributed by atoms with van der Waals surface area (Å²) >= 11 is 0. The van der Waals surface area contributed by atoms with Crippen molar-refractivity contribution in [1.82, 2.24) is 10.6 Å². The molecular weight excluding hydrogens is 458 g/mol. The highest BCUT2D eigenvalue weighted by atomic mass is 127. The number of rotatable bonds is 6. The zero-order valence-electron chi connectivity index (χ0n) is 15.5. The number of ether oxygens (including phenoxy) is 1. The second-order valence-corrected chi connectivity index (χ2v) is 7.10. The summed E-state index contributed by atoms with van der Waals surface area (Å²) in [5.41, 5.74) is -0.464. The van der Waals surface area contributed by atoms with E-state index in [0.717, 1.165) is 24.5 Å². The van der Waals surface area contributed by atoms with Crippen LogP contribution in [-0.4, -0.2) is 38.8 Å². The summed E-state index contributed by atoms with van der Waals surface area (Å²) in [6, 6.07) is 5.62. The molecule has 8 heteroatoms. The fourth-order valence-corrected chi connectivity index (χ4v) is 2.59. The average Bonchev–Trinajstić information content (AvgIpc) is 3.35. The van der Waals surface area contributed by atoms with Crippen molar-refractivity contribution < 1.29 is 17.9 Å². The van der Waals surface area contributed by atoms with Gasteiger partial charge in [-0.1, -0.05) is 18.2 Å². The van der Waals surface area contributed by atoms with Crippen molar-refractivity contribution in [3.05, 3.63) is 35.4 Å². The molecular formula is C18H27F3IN3O. The molecule has 2 rings (SSSR count). The van der Waals surface area contributed by atoms with Gasteiger partial charge in [0.25, 0.3) is 0 Å². The molecule has 148 valence electrons. The second kappa shape index (κ2) is 8.77. The molecule has 0 atom stereocenters. The largest absolute Gasteiger partial charge is 0.416 e. The summed E-state index contributed by atoms with van der Waals surface area (Å²) in [5.74, 6) is 0.614. The van der Waals surface area contributed by atoms with Crippen LogP contribution >= 0.6 is 24.0 Å². The number of halogens is 4. The van der Waals surface area contributed by atoms with Crippen LogP contribution in [-0.2, 0) is 16.3 Å². The van der Waals surface area contributed by atoms with Crippen LogP contribution in [0.15, 0.2) is 29.3 Å². The van der Waals surface area contributed by atoms with Gasteiger partial charge in [0.2, 0.25) is 0 Å². The first kappa shape index (κ1) is 23.0. The first-order chi connectivity index (χ1) is 11.6. The molecule has 1 aliphatic rings. The third-order valence-electron chi connectivity index (χ3n) is 4.71. The molecule has 0 aliphatic heterocycles. The zero-order valence-corrected chi connectivity index (χ0v) is 17.9. The highest BCUT2D eigenvalue weighted by Crippen LogP contribution is 2.48. The Balaban J connectivity index is 0.00000338. The molecule has 0 radical (unpaired) electrons. The summed E-state index contributed by atoms with van der Waals surface area (Å²) in [7, 11) is 3.31. The molecule has 0 heterocycles. The van der Waals surface area contributed by atoms with E-state index in [4.69, 9.17) is 4.74 Å². The summed E-state index contributed by atoms with van der Waals surface area (Å²) < 4.78 is 44.2. The molecule has 1 aromatic carbocycles. The van der Waals surface area contributed by atoms with E-state index in [1.807, 2.05) is 13.8 Å². The van der Waals surface area contributed by atoms with Gasteiger partial charge in [-0.3, -0.25) is 4.99 Å². The number of guanidine groups is 1. The smallest absolute Gasteiger partial charge is 0.377 e. The zero-order chi connectivity index (χ0) is 18.7. The molecule has 0 unspecified atom stereocenters. The maximum atomic E-state index is 12.9. The number of nitrogens with one attached hydrogen (secondary N) is 2. The molecule has 1 saturated carbocycles. The Morgan fingerprint density at radius 2 is 1.88 bits per heavy atom. The number of hydrogen-bond donors (Lipinski definition) is 2. The molecule has 2 N–H and O–H groups in total. The standard InChI is InChI=1S/C18H26F3N3O.HI/c1-16(2,25-4)11-23-15(22-3)24-12-17(8-9-17)13-6-5-7-14(10-13)18(19,20)21;/h5-7,10H,8-9,11-12H2,1-4H3,(H2,22,23,24);1H. The van der Waals surface area contributed by atoms with Crippen molar-refractivity contribution in [2.45, 2.75) is 43.9 Å². The van der Waals surface area contributed by atoms with Crippen LogP contribution in [0.2, 0.25) is 0 Å². The molecule has 0 amide bonds. The van der Waals surface area contributed by atoms with Crippen LogP contribution in [0.4, 0.5) is 13.2 Å². The minimum atomic E-state index is -4.32. The predicted molar refractivity (Wildman–Crippen MR) is 108 cm³/mol. The molecule has 26 heavy (non-hydrogen) atoms. The Hall–Kier alpha value is -1.03. The van der Waals surface area contributed by atoms with E-state index in [1.165, 1.54) is 12.1 Å². The van der Waals surface area contributed by atoms with Crippen LogP contribution in [0.5, 0.6) is 0 Å². The minimum Gasteiger partial charge on any atom is -0.377 e. The molecule has 1 fully saturated rings. The lowest BCUT2D eigenvalue weighted by molar-refractivity contribution is -0.137. The third kappa shape index (κ3) is 6.00. The quantitative estimate of drug-likeness (QED) is 0.365. The molecule has 0 bridgehead atoms. The topological polar surface area (TPSA) is 45.7 Å². The lowest BCUT2D eigenvalue weighted by Gasteiger charge is -2.25. The first-order valence-electron chi connectivity index (χ1n) is 8.29. The number of methoxy groups -OCH3 is 1. The van der Waals surface area contributed by atoms with Crippen LogP contribution in [0.25, 0.3) is 0 Å². The van der Waals surface area contributed by atoms with Gasteiger partial charge in [-0.15, -0.1) is 24.0 Å². The van der Waals surface area contributed by atoms with Crippen molar-refractivity contribution >= 4 is 29.9 Å². The average molecular weight is 485 g/mol. The van der Waals surface area contributed by atoms with Crippen molar-refractivity contribution in [3.63, 3.8) is 0 Å². The van der Waals surface area contributed by atoms with E-state index < -0.39 is 11.7 Å². The number of aliphatic imine (C=N–C) groups is 1. The van der Waals surface area contributed by atoms with Gasteiger partial charge in [-0.05, 0) is 38.3 Å². The monoisotopic (exact) mass is 485 g/mol. The van der Waals surface area contributed by atoms with Gasteiger partial charge in [0.05, 0.1) is 11.2 Å². The Morgan fingerprint density at radius 3 is 2.38 bits per heavy atom. The van der Waals surface area contributed by atoms with Gasteiger partial charge in [-0.2, -0.15) is 13.2 Å². The van der Waals surface area contributed by atoms with E-state index in [-0.39, 0.29) is 35.0 Å². The Labute approximate surface area is 170 Å². The van der Waals surface area contributed by atoms with Crippen LogP contribution < -0.4 is 10.6 Å². The van der Waals surface area contributed by atoms with E-state index >= 15 is 0 Å². The van der Waals surface area contributed by atoms with Gasteiger partial charge in [0.1, 0.15) is 0 Å². The molecule has 1 aliphatic carbocycles. The fraction of sp³-hybridized carbons (Fsp3) is 0.611. The van der Waals surface area contributed by atoms with E-state index in [1.54, 1.807) is 20.2 Å². The van der Waals surface area contributed by atoms with E-state index in [2.05, 4.69) is 15.6 Å². The van der Waals surface area contributed by atoms with Crippen molar-refractivity contribution in [1.29, 1.82) is 0 Å². The van der Waals surface area contributed by atoms with Gasteiger partial charge in [0, 0.05) is 32.7 Å². The lowest BCUT2D eigenvalue weighted by Crippen LogP contribution is -2.47. The molecule has 1 aromatic rings. The van der Waals surface area contributed by atoms with E-state index in [0.29, 0.717) is 19.0 Å².